The van der Waals surface area contributed by atoms with Crippen molar-refractivity contribution in [2.75, 3.05) is 37.3 Å². The van der Waals surface area contributed by atoms with Crippen LogP contribution in [-0.2, 0) is 40.0 Å². The topological polar surface area (TPSA) is 100 Å². The summed E-state index contributed by atoms with van der Waals surface area (Å²) in [6.07, 6.45) is 8.46. The average Bonchev–Trinajstić information content (AvgIpc) is 3.59. The van der Waals surface area contributed by atoms with Crippen LogP contribution in [0.4, 0.5) is 11.4 Å². The zero-order valence-corrected chi connectivity index (χ0v) is 29.2. The summed E-state index contributed by atoms with van der Waals surface area (Å²) < 4.78 is 3.85. The Balaban J connectivity index is 1.07. The van der Waals surface area contributed by atoms with Crippen LogP contribution < -0.4 is 10.6 Å². The van der Waals surface area contributed by atoms with Crippen molar-refractivity contribution in [2.45, 2.75) is 65.0 Å². The molecule has 0 atom stereocenters. The summed E-state index contributed by atoms with van der Waals surface area (Å²) in [4.78, 5) is 41.3. The fourth-order valence-corrected chi connectivity index (χ4v) is 8.07. The number of carbonyl (C=O) groups is 2. The molecule has 2 amide bonds. The number of hydrogen-bond donors (Lipinski definition) is 2. The number of carbonyl (C=O) groups excluding carboxylic acids is 2. The lowest BCUT2D eigenvalue weighted by atomic mass is 9.88. The van der Waals surface area contributed by atoms with Gasteiger partial charge in [0, 0.05) is 82.3 Å². The number of benzene rings is 2. The van der Waals surface area contributed by atoms with Gasteiger partial charge in [0.15, 0.2) is 11.6 Å². The number of fused-ring (bicyclic) bond motifs is 2. The quantitative estimate of drug-likeness (QED) is 0.243. The summed E-state index contributed by atoms with van der Waals surface area (Å²) in [5, 5.41) is 6.53. The second-order valence-electron chi connectivity index (χ2n) is 13.8. The van der Waals surface area contributed by atoms with E-state index in [1.807, 2.05) is 60.5 Å². The van der Waals surface area contributed by atoms with Gasteiger partial charge in [-0.05, 0) is 56.0 Å². The van der Waals surface area contributed by atoms with Gasteiger partial charge in [-0.3, -0.25) is 14.5 Å². The number of nitrogens with one attached hydrogen (secondary N) is 2. The summed E-state index contributed by atoms with van der Waals surface area (Å²) >= 11 is 6.96. The van der Waals surface area contributed by atoms with Gasteiger partial charge in [-0.1, -0.05) is 55.1 Å². The van der Waals surface area contributed by atoms with Gasteiger partial charge in [0.2, 0.25) is 0 Å². The number of rotatable bonds is 7. The maximum Gasteiger partial charge on any atom is 0.291 e. The predicted octanol–water partition coefficient (Wildman–Crippen LogP) is 6.21. The molecule has 4 heterocycles. The summed E-state index contributed by atoms with van der Waals surface area (Å²) in [6, 6.07) is 11.4. The van der Waals surface area contributed by atoms with E-state index in [2.05, 4.69) is 32.5 Å². The molecule has 0 spiro atoms. The summed E-state index contributed by atoms with van der Waals surface area (Å²) in [6.45, 7) is 6.55. The number of aromatic nitrogens is 4. The lowest BCUT2D eigenvalue weighted by Crippen LogP contribution is -2.35. The van der Waals surface area contributed by atoms with Crippen molar-refractivity contribution in [1.82, 2.24) is 28.9 Å². The third kappa shape index (κ3) is 6.29. The van der Waals surface area contributed by atoms with Crippen molar-refractivity contribution >= 4 is 34.8 Å². The van der Waals surface area contributed by atoms with Crippen LogP contribution in [0.5, 0.6) is 0 Å². The number of nitrogens with zero attached hydrogens (tertiary/aromatic N) is 6. The van der Waals surface area contributed by atoms with Gasteiger partial charge in [0.25, 0.3) is 11.8 Å². The van der Waals surface area contributed by atoms with Gasteiger partial charge >= 0.3 is 0 Å². The second kappa shape index (κ2) is 13.5. The molecule has 0 bridgehead atoms. The van der Waals surface area contributed by atoms with Gasteiger partial charge in [0.05, 0.1) is 22.1 Å². The fraction of sp³-hybridized carbons (Fsp3) is 0.459. The minimum atomic E-state index is -0.304. The van der Waals surface area contributed by atoms with Gasteiger partial charge in [-0.25, -0.2) is 9.97 Å². The molecule has 0 radical (unpaired) electrons. The molecule has 7 rings (SSSR count). The molecule has 1 aliphatic carbocycles. The minimum absolute atomic E-state index is 0.234. The van der Waals surface area contributed by atoms with E-state index < -0.39 is 0 Å². The number of anilines is 2. The lowest BCUT2D eigenvalue weighted by Gasteiger charge is -2.32. The van der Waals surface area contributed by atoms with Crippen molar-refractivity contribution < 1.29 is 9.59 Å². The van der Waals surface area contributed by atoms with Gasteiger partial charge in [0.1, 0.15) is 0 Å². The molecule has 2 aromatic carbocycles. The van der Waals surface area contributed by atoms with E-state index in [9.17, 15) is 9.59 Å². The van der Waals surface area contributed by atoms with Crippen LogP contribution in [0, 0.1) is 12.8 Å². The monoisotopic (exact) mass is 668 g/mol. The zero-order valence-electron chi connectivity index (χ0n) is 28.4. The Labute approximate surface area is 287 Å². The highest BCUT2D eigenvalue weighted by molar-refractivity contribution is 6.36. The third-order valence-electron chi connectivity index (χ3n) is 10.5. The Morgan fingerprint density at radius 3 is 2.06 bits per heavy atom. The smallest absolute Gasteiger partial charge is 0.291 e. The molecule has 2 aromatic heterocycles. The normalized spacial score (nSPS) is 17.2. The Morgan fingerprint density at radius 2 is 1.38 bits per heavy atom. The van der Waals surface area contributed by atoms with Gasteiger partial charge in [-0.15, -0.1) is 0 Å². The van der Waals surface area contributed by atoms with Crippen LogP contribution in [0.1, 0.15) is 81.7 Å². The van der Waals surface area contributed by atoms with E-state index in [1.54, 1.807) is 6.07 Å². The van der Waals surface area contributed by atoms with Gasteiger partial charge in [-0.2, -0.15) is 0 Å². The largest absolute Gasteiger partial charge is 0.327 e. The average molecular weight is 669 g/mol. The number of halogens is 1. The molecular formula is C37H45ClN8O2. The maximum atomic E-state index is 13.7. The molecule has 0 unspecified atom stereocenters. The van der Waals surface area contributed by atoms with Crippen LogP contribution in [0.25, 0.3) is 11.1 Å². The molecule has 11 heteroatoms. The summed E-state index contributed by atoms with van der Waals surface area (Å²) in [5.41, 5.74) is 7.87. The first-order valence-corrected chi connectivity index (χ1v) is 17.6. The van der Waals surface area contributed by atoms with E-state index in [0.29, 0.717) is 28.0 Å². The van der Waals surface area contributed by atoms with Crippen LogP contribution in [0.2, 0.25) is 5.02 Å². The standard InChI is InChI=1S/C37H45ClN8O2/c1-23-25(26-13-9-15-28(33(26)38)42-37(48)35-39-29-21-43(2)18-16-31(29)44(35)3)12-8-14-27(23)41-36(47)34-40-30-22-46(19-17-32(30)45(34)4)20-24-10-6-5-7-11-24/h8-9,12-15,24H,5-7,10-11,16-22H2,1-4H3,(H,41,47)(H,42,48). The highest BCUT2D eigenvalue weighted by atomic mass is 35.5. The number of imidazole rings is 2. The first-order chi connectivity index (χ1) is 23.2. The van der Waals surface area contributed by atoms with Crippen molar-refractivity contribution in [3.63, 3.8) is 0 Å². The highest BCUT2D eigenvalue weighted by Gasteiger charge is 2.28. The molecule has 1 fully saturated rings. The minimum Gasteiger partial charge on any atom is -0.327 e. The second-order valence-corrected chi connectivity index (χ2v) is 14.2. The number of amides is 2. The van der Waals surface area contributed by atoms with E-state index in [0.717, 1.165) is 90.9 Å². The van der Waals surface area contributed by atoms with Crippen molar-refractivity contribution in [3.8, 4) is 11.1 Å². The van der Waals surface area contributed by atoms with Crippen molar-refractivity contribution in [1.29, 1.82) is 0 Å². The van der Waals surface area contributed by atoms with Crippen LogP contribution in [0.3, 0.4) is 0 Å². The Kier molecular flexibility index (Phi) is 9.15. The van der Waals surface area contributed by atoms with E-state index in [1.165, 1.54) is 32.1 Å². The van der Waals surface area contributed by atoms with Crippen LogP contribution >= 0.6 is 11.6 Å². The zero-order chi connectivity index (χ0) is 33.5. The molecule has 4 aromatic rings. The summed E-state index contributed by atoms with van der Waals surface area (Å²) in [5.74, 6) is 1.03. The molecule has 252 valence electrons. The molecule has 2 N–H and O–H groups in total. The third-order valence-corrected chi connectivity index (χ3v) is 11.0. The van der Waals surface area contributed by atoms with Crippen LogP contribution in [0.15, 0.2) is 36.4 Å². The first kappa shape index (κ1) is 32.6. The number of likely N-dealkylation sites (N-methyl/N-ethyl adjacent to an activating group) is 1. The van der Waals surface area contributed by atoms with Crippen molar-refractivity contribution in [2.24, 2.45) is 20.0 Å². The molecule has 3 aliphatic rings. The van der Waals surface area contributed by atoms with Gasteiger partial charge < -0.3 is 24.7 Å². The van der Waals surface area contributed by atoms with E-state index >= 15 is 0 Å². The predicted molar refractivity (Wildman–Crippen MR) is 190 cm³/mol. The Morgan fingerprint density at radius 1 is 0.792 bits per heavy atom. The van der Waals surface area contributed by atoms with Crippen LogP contribution in [-0.4, -0.2) is 67.4 Å². The molecule has 0 saturated heterocycles. The van der Waals surface area contributed by atoms with E-state index in [4.69, 9.17) is 16.6 Å². The fourth-order valence-electron chi connectivity index (χ4n) is 7.79. The van der Waals surface area contributed by atoms with Crippen molar-refractivity contribution in [3.05, 3.63) is 81.4 Å². The molecular weight excluding hydrogens is 624 g/mol. The maximum absolute atomic E-state index is 13.7. The molecule has 2 aliphatic heterocycles. The molecule has 48 heavy (non-hydrogen) atoms. The Hall–Kier alpha value is -3.99. The Bertz CT molecular complexity index is 1870. The molecule has 1 saturated carbocycles. The summed E-state index contributed by atoms with van der Waals surface area (Å²) in [7, 11) is 5.89. The van der Waals surface area contributed by atoms with E-state index in [-0.39, 0.29) is 11.8 Å². The SMILES string of the molecule is Cc1c(NC(=O)c2nc3c(n2C)CCN(CC2CCCCC2)C3)cccc1-c1cccc(NC(=O)c2nc3c(n2C)CCN(C)C3)c1Cl. The number of hydrogen-bond acceptors (Lipinski definition) is 6. The highest BCUT2D eigenvalue weighted by Crippen LogP contribution is 2.38. The lowest BCUT2D eigenvalue weighted by molar-refractivity contribution is 0.100. The first-order valence-electron chi connectivity index (χ1n) is 17.2. The molecule has 10 nitrogen and oxygen atoms in total.